The van der Waals surface area contributed by atoms with Crippen molar-refractivity contribution >= 4 is 0 Å². The number of ether oxygens (including phenoxy) is 1. The van der Waals surface area contributed by atoms with Crippen LogP contribution in [0.4, 0.5) is 0 Å². The second-order valence-corrected chi connectivity index (χ2v) is 76.4. The number of benzene rings is 1. The number of hydrogen-bond donors (Lipinski definition) is 0. The molecule has 906 valence electrons. The molecule has 0 aliphatic carbocycles. The highest BCUT2D eigenvalue weighted by atomic mass is 16.5. The van der Waals surface area contributed by atoms with Gasteiger partial charge in [-0.15, -0.1) is 0 Å². The summed E-state index contributed by atoms with van der Waals surface area (Å²) in [4.78, 5) is 2.68. The monoisotopic (exact) mass is 2100 g/mol. The van der Waals surface area contributed by atoms with Crippen LogP contribution in [0.3, 0.4) is 0 Å². The Bertz CT molecular complexity index is 2990. The third-order valence-electron chi connectivity index (χ3n) is 26.9. The minimum atomic E-state index is 0.186. The van der Waals surface area contributed by atoms with E-state index in [1.807, 2.05) is 13.8 Å². The van der Waals surface area contributed by atoms with E-state index in [1.54, 1.807) is 0 Å². The zero-order chi connectivity index (χ0) is 121. The lowest BCUT2D eigenvalue weighted by Crippen LogP contribution is -2.42. The molecule has 0 radical (unpaired) electrons. The summed E-state index contributed by atoms with van der Waals surface area (Å²) >= 11 is 0. The van der Waals surface area contributed by atoms with Gasteiger partial charge in [-0.1, -0.05) is 589 Å². The Labute approximate surface area is 955 Å². The van der Waals surface area contributed by atoms with Gasteiger partial charge >= 0.3 is 0 Å². The van der Waals surface area contributed by atoms with Gasteiger partial charge in [-0.3, -0.25) is 0 Å². The number of unbranched alkanes of at least 4 members (excludes halogenated alkanes) is 2. The summed E-state index contributed by atoms with van der Waals surface area (Å²) in [5, 5.41) is 0. The molecule has 0 fully saturated rings. The molecule has 0 aromatic heterocycles. The summed E-state index contributed by atoms with van der Waals surface area (Å²) in [5.41, 5.74) is 11.0. The molecule has 0 heterocycles. The highest BCUT2D eigenvalue weighted by Crippen LogP contribution is 2.55. The minimum absolute atomic E-state index is 0.186. The van der Waals surface area contributed by atoms with Crippen molar-refractivity contribution in [3.05, 3.63) is 35.9 Å². The molecular formula is C147H307NO. The molecule has 0 aliphatic rings. The summed E-state index contributed by atoms with van der Waals surface area (Å²) in [6, 6.07) is 10.6. The van der Waals surface area contributed by atoms with Gasteiger partial charge < -0.3 is 9.64 Å². The molecule has 0 amide bonds. The van der Waals surface area contributed by atoms with Gasteiger partial charge in [-0.25, -0.2) is 0 Å². The highest BCUT2D eigenvalue weighted by molar-refractivity contribution is 5.22. The van der Waals surface area contributed by atoms with Gasteiger partial charge in [0.2, 0.25) is 0 Å². The Morgan fingerprint density at radius 2 is 0.423 bits per heavy atom. The number of hydrogen-bond acceptors (Lipinski definition) is 2. The fraction of sp³-hybridized carbons (Fsp3) is 0.959. The van der Waals surface area contributed by atoms with Crippen LogP contribution in [0.15, 0.2) is 30.3 Å². The third-order valence-corrected chi connectivity index (χ3v) is 26.9. The largest absolute Gasteiger partial charge is 0.380 e. The zero-order valence-electron chi connectivity index (χ0n) is 120. The fourth-order valence-electron chi connectivity index (χ4n) is 25.4. The van der Waals surface area contributed by atoms with Crippen LogP contribution in [0.5, 0.6) is 0 Å². The molecule has 0 spiro atoms. The Morgan fingerprint density at radius 3 is 0.577 bits per heavy atom. The van der Waals surface area contributed by atoms with Crippen molar-refractivity contribution in [2.24, 2.45) is 172 Å². The van der Waals surface area contributed by atoms with Gasteiger partial charge in [0.1, 0.15) is 0 Å². The van der Waals surface area contributed by atoms with Gasteiger partial charge in [0, 0.05) is 0 Å². The van der Waals surface area contributed by atoms with Crippen LogP contribution < -0.4 is 0 Å². The van der Waals surface area contributed by atoms with Gasteiger partial charge in [0.25, 0.3) is 0 Å². The van der Waals surface area contributed by atoms with Crippen LogP contribution in [0, 0.1) is 172 Å². The average molecular weight is 2110 g/mol. The van der Waals surface area contributed by atoms with E-state index in [9.17, 15) is 0 Å². The summed E-state index contributed by atoms with van der Waals surface area (Å²) in [6.07, 6.45) is 37.2. The van der Waals surface area contributed by atoms with Crippen LogP contribution >= 0.6 is 0 Å². The van der Waals surface area contributed by atoms with Crippen LogP contribution in [-0.2, 0) is 10.2 Å². The van der Waals surface area contributed by atoms with Crippen LogP contribution in [0.2, 0.25) is 0 Å². The van der Waals surface area contributed by atoms with Crippen molar-refractivity contribution in [3.8, 4) is 0 Å². The van der Waals surface area contributed by atoms with E-state index < -0.39 is 0 Å². The van der Waals surface area contributed by atoms with E-state index in [1.165, 1.54) is 205 Å². The molecule has 0 N–H and O–H groups in total. The van der Waals surface area contributed by atoms with E-state index >= 15 is 0 Å². The Balaban J connectivity index is -0.000000218. The van der Waals surface area contributed by atoms with Crippen molar-refractivity contribution in [3.63, 3.8) is 0 Å². The molecule has 2 heteroatoms. The molecule has 0 aliphatic heterocycles. The first-order valence-electron chi connectivity index (χ1n) is 63.3. The molecule has 0 saturated heterocycles. The second-order valence-electron chi connectivity index (χ2n) is 76.4. The summed E-state index contributed by atoms with van der Waals surface area (Å²) < 4.78 is 7.04. The number of rotatable bonds is 40. The molecule has 149 heavy (non-hydrogen) atoms. The summed E-state index contributed by atoms with van der Waals surface area (Å²) in [6.45, 7) is 184. The predicted molar refractivity (Wildman–Crippen MR) is 700 cm³/mol. The quantitative estimate of drug-likeness (QED) is 0.0607. The predicted octanol–water partition coefficient (Wildman–Crippen LogP) is 52.2. The van der Waals surface area contributed by atoms with Gasteiger partial charge in [0.05, 0.1) is 13.2 Å². The second kappa shape index (κ2) is 69.8. The first-order chi connectivity index (χ1) is 65.0. The standard InChI is InChI=1S/C34H70O.C18H39N.C18H38.2C15H32.2C13H28.C10H14.C9H20.C2H6/c1-27(2,3)19-33(20-28(4,5)6,21-29(7,8)9)25-35-26-34(22-30(10,11)12,23-31(13,14)15)24-32(16,17)18;1-16(2,3)10-13-19(14-11-17(4,5)6)15-12-18(7,8)9;1-14(2)10-18(11-15(3)4,12-16(5)6)13-17(7,8)9;1-13(2,3)10-12(15(7,8)9)11-14(4,5)6;1-8-15(9-12(2)3,10-13(4)5)11-14(6)7;1-11(2,3)9-13(7,8)10-12(4,5)6;1-12(2,3)10-8-7-9-11-13(4,5)6;1-10(2,3)9-7-5-4-6-8-9;1-8(2)6-7-9(3,4)5;1-2/h19-26H2,1-18H3;10-15H2,1-9H3;14-16H,10-13H2,1-9H3;12H,10-11H2,1-9H3;12-14H,8-11H2,1-7H3;9-10H2,1-8H3;7-11H2,1-6H3;4-8H,1-3H3;8H,6-7H2,1-5H3;1-2H3. The number of nitrogens with zero attached hydrogens (tertiary/aromatic N) is 1. The average Bonchev–Trinajstić information content (AvgIpc) is 0.787. The van der Waals surface area contributed by atoms with E-state index in [0.717, 1.165) is 60.6 Å². The first-order valence-corrected chi connectivity index (χ1v) is 63.3. The topological polar surface area (TPSA) is 12.5 Å². The van der Waals surface area contributed by atoms with Crippen molar-refractivity contribution in [1.82, 2.24) is 4.90 Å². The van der Waals surface area contributed by atoms with Crippen molar-refractivity contribution in [1.29, 1.82) is 0 Å². The molecule has 0 unspecified atom stereocenters. The molecule has 0 atom stereocenters. The van der Waals surface area contributed by atoms with E-state index in [2.05, 4.69) is 548 Å². The first kappa shape index (κ1) is 166. The lowest BCUT2D eigenvalue weighted by molar-refractivity contribution is -0.0807. The van der Waals surface area contributed by atoms with Crippen molar-refractivity contribution in [2.45, 2.75) is 711 Å². The smallest absolute Gasteiger partial charge is 0.0523 e. The molecule has 1 aromatic rings. The molecular weight excluding hydrogens is 1800 g/mol. The Morgan fingerprint density at radius 1 is 0.215 bits per heavy atom. The van der Waals surface area contributed by atoms with Gasteiger partial charge in [-0.2, -0.15) is 0 Å². The SMILES string of the molecule is CC.CC(C)(C)CC(C)(C)CC(C)(C)C.CC(C)(C)CC(CC(C)(C)C)C(C)(C)C.CC(C)(C)CC(COCC(CC(C)(C)C)(CC(C)(C)C)CC(C)(C)C)(CC(C)(C)C)CC(C)(C)C.CC(C)(C)CCCCCC(C)(C)C.CC(C)(C)CCN(CCC(C)(C)C)CCC(C)(C)C.CC(C)(C)c1ccccc1.CC(C)CC(CC(C)C)(CC(C)C)CC(C)(C)C.CC(C)CCC(C)(C)C.CCC(CC(C)C)(CC(C)C)CC(C)C. The lowest BCUT2D eigenvalue weighted by atomic mass is 9.60. The lowest BCUT2D eigenvalue weighted by Gasteiger charge is -2.48. The molecule has 1 aromatic carbocycles. The van der Waals surface area contributed by atoms with E-state index in [4.69, 9.17) is 4.74 Å². The molecule has 1 rings (SSSR count). The van der Waals surface area contributed by atoms with Crippen LogP contribution in [0.25, 0.3) is 0 Å². The summed E-state index contributed by atoms with van der Waals surface area (Å²) in [7, 11) is 0. The minimum Gasteiger partial charge on any atom is -0.380 e. The van der Waals surface area contributed by atoms with Crippen LogP contribution in [0.1, 0.15) is 712 Å². The summed E-state index contributed by atoms with van der Waals surface area (Å²) in [5.74, 6) is 6.62. The van der Waals surface area contributed by atoms with Crippen molar-refractivity contribution in [2.75, 3.05) is 32.8 Å². The fourth-order valence-corrected chi connectivity index (χ4v) is 25.4. The Kier molecular flexibility index (Phi) is 77.6. The molecule has 0 saturated carbocycles. The maximum atomic E-state index is 7.04. The maximum Gasteiger partial charge on any atom is 0.0523 e. The van der Waals surface area contributed by atoms with Gasteiger partial charge in [0.15, 0.2) is 0 Å². The maximum absolute atomic E-state index is 7.04. The Hall–Kier alpha value is -0.860. The third kappa shape index (κ3) is 124. The highest BCUT2D eigenvalue weighted by Gasteiger charge is 2.46. The van der Waals surface area contributed by atoms with Gasteiger partial charge in [-0.05, 0) is 350 Å². The normalized spacial score (nSPS) is 14.0. The molecule has 2 nitrogen and oxygen atoms in total. The van der Waals surface area contributed by atoms with Crippen LogP contribution in [-0.4, -0.2) is 37.7 Å². The van der Waals surface area contributed by atoms with E-state index in [0.29, 0.717) is 86.6 Å². The molecule has 0 bridgehead atoms. The zero-order valence-corrected chi connectivity index (χ0v) is 120. The van der Waals surface area contributed by atoms with Crippen molar-refractivity contribution < 1.29 is 4.74 Å². The van der Waals surface area contributed by atoms with E-state index in [-0.39, 0.29) is 43.3 Å².